The number of carbonyl (C=O) groups is 1. The van der Waals surface area contributed by atoms with Crippen LogP contribution in [0.1, 0.15) is 23.2 Å². The van der Waals surface area contributed by atoms with E-state index in [1.807, 2.05) is 12.1 Å². The van der Waals surface area contributed by atoms with E-state index in [0.29, 0.717) is 37.1 Å². The van der Waals surface area contributed by atoms with E-state index in [0.717, 1.165) is 43.8 Å². The first-order valence-electron chi connectivity index (χ1n) is 9.66. The van der Waals surface area contributed by atoms with Crippen LogP contribution in [0.15, 0.2) is 30.3 Å². The molecule has 4 rings (SSSR count). The van der Waals surface area contributed by atoms with Crippen LogP contribution >= 0.6 is 0 Å². The topological polar surface area (TPSA) is 103 Å². The highest BCUT2D eigenvalue weighted by Gasteiger charge is 2.18. The molecule has 0 aliphatic carbocycles. The van der Waals surface area contributed by atoms with Crippen LogP contribution in [0.4, 0.5) is 11.8 Å². The lowest BCUT2D eigenvalue weighted by Crippen LogP contribution is -2.37. The molecule has 1 aromatic carbocycles. The zero-order valence-electron chi connectivity index (χ0n) is 15.8. The third kappa shape index (κ3) is 4.40. The largest absolute Gasteiger partial charge is 0.384 e. The molecule has 1 aromatic heterocycles. The molecule has 148 valence electrons. The number of hydrogen-bond acceptors (Lipinski definition) is 7. The van der Waals surface area contributed by atoms with Gasteiger partial charge in [0.1, 0.15) is 5.82 Å². The van der Waals surface area contributed by atoms with Crippen LogP contribution in [0.5, 0.6) is 0 Å². The summed E-state index contributed by atoms with van der Waals surface area (Å²) in [5, 5.41) is 2.93. The predicted molar refractivity (Wildman–Crippen MR) is 106 cm³/mol. The number of ether oxygens (including phenoxy) is 2. The molecule has 2 aliphatic heterocycles. The molecule has 2 fully saturated rings. The number of nitrogens with one attached hydrogen (secondary N) is 1. The first-order valence-corrected chi connectivity index (χ1v) is 9.66. The van der Waals surface area contributed by atoms with Gasteiger partial charge in [0.2, 0.25) is 5.95 Å². The molecule has 1 atom stereocenters. The molecule has 3 heterocycles. The molecule has 0 radical (unpaired) electrons. The maximum atomic E-state index is 12.3. The number of nitrogens with zero attached hydrogens (tertiary/aromatic N) is 3. The fourth-order valence-electron chi connectivity index (χ4n) is 3.41. The Labute approximate surface area is 164 Å². The Hall–Kier alpha value is -2.71. The summed E-state index contributed by atoms with van der Waals surface area (Å²) in [6.07, 6.45) is 2.19. The molecule has 2 saturated heterocycles. The van der Waals surface area contributed by atoms with Crippen molar-refractivity contribution in [2.75, 3.05) is 50.1 Å². The summed E-state index contributed by atoms with van der Waals surface area (Å²) < 4.78 is 10.9. The van der Waals surface area contributed by atoms with Gasteiger partial charge in [0, 0.05) is 43.4 Å². The quantitative estimate of drug-likeness (QED) is 0.806. The average molecular weight is 383 g/mol. The van der Waals surface area contributed by atoms with Gasteiger partial charge in [-0.1, -0.05) is 12.1 Å². The van der Waals surface area contributed by atoms with E-state index >= 15 is 0 Å². The van der Waals surface area contributed by atoms with Gasteiger partial charge in [-0.05, 0) is 25.0 Å². The van der Waals surface area contributed by atoms with Crippen molar-refractivity contribution in [1.82, 2.24) is 15.3 Å². The Morgan fingerprint density at radius 3 is 2.68 bits per heavy atom. The van der Waals surface area contributed by atoms with Crippen LogP contribution < -0.4 is 16.0 Å². The van der Waals surface area contributed by atoms with Crippen molar-refractivity contribution in [3.05, 3.63) is 35.9 Å². The number of nitrogens with two attached hydrogens (primary N) is 1. The van der Waals surface area contributed by atoms with Crippen LogP contribution in [0, 0.1) is 0 Å². The molecule has 1 amide bonds. The standard InChI is InChI=1S/C20H25N5O3/c21-18-12-17(23-20(24-18)25-7-10-27-11-8-25)14-3-5-15(6-4-14)19(26)22-13-16-2-1-9-28-16/h3-6,12,16H,1-2,7-11,13H2,(H,22,26)(H2,21,23,24)/t16-/m0/s1. The molecule has 3 N–H and O–H groups in total. The number of aromatic nitrogens is 2. The summed E-state index contributed by atoms with van der Waals surface area (Å²) in [6, 6.07) is 9.11. The Balaban J connectivity index is 1.45. The minimum absolute atomic E-state index is 0.0988. The van der Waals surface area contributed by atoms with Gasteiger partial charge < -0.3 is 25.4 Å². The minimum atomic E-state index is -0.0988. The van der Waals surface area contributed by atoms with Crippen molar-refractivity contribution in [2.45, 2.75) is 18.9 Å². The molecule has 8 nitrogen and oxygen atoms in total. The number of benzene rings is 1. The van der Waals surface area contributed by atoms with Crippen molar-refractivity contribution in [3.8, 4) is 11.3 Å². The van der Waals surface area contributed by atoms with Gasteiger partial charge in [0.25, 0.3) is 5.91 Å². The molecular formula is C20H25N5O3. The van der Waals surface area contributed by atoms with Crippen molar-refractivity contribution >= 4 is 17.7 Å². The summed E-state index contributed by atoms with van der Waals surface area (Å²) in [5.41, 5.74) is 8.23. The Bertz CT molecular complexity index is 815. The van der Waals surface area contributed by atoms with Crippen LogP contribution in [-0.4, -0.2) is 61.4 Å². The van der Waals surface area contributed by atoms with Crippen molar-refractivity contribution in [1.29, 1.82) is 0 Å². The van der Waals surface area contributed by atoms with Crippen molar-refractivity contribution < 1.29 is 14.3 Å². The lowest BCUT2D eigenvalue weighted by molar-refractivity contribution is 0.0858. The maximum absolute atomic E-state index is 12.3. The molecular weight excluding hydrogens is 358 g/mol. The van der Waals surface area contributed by atoms with Crippen LogP contribution in [-0.2, 0) is 9.47 Å². The monoisotopic (exact) mass is 383 g/mol. The zero-order chi connectivity index (χ0) is 19.3. The van der Waals surface area contributed by atoms with Crippen molar-refractivity contribution in [3.63, 3.8) is 0 Å². The summed E-state index contributed by atoms with van der Waals surface area (Å²) in [4.78, 5) is 23.4. The van der Waals surface area contributed by atoms with Gasteiger partial charge in [-0.2, -0.15) is 4.98 Å². The second-order valence-corrected chi connectivity index (χ2v) is 7.00. The zero-order valence-corrected chi connectivity index (χ0v) is 15.8. The Kier molecular flexibility index (Phi) is 5.68. The second-order valence-electron chi connectivity index (χ2n) is 7.00. The smallest absolute Gasteiger partial charge is 0.251 e. The van der Waals surface area contributed by atoms with Gasteiger partial charge in [0.05, 0.1) is 25.0 Å². The third-order valence-corrected chi connectivity index (χ3v) is 4.99. The van der Waals surface area contributed by atoms with Crippen LogP contribution in [0.2, 0.25) is 0 Å². The fraction of sp³-hybridized carbons (Fsp3) is 0.450. The number of carbonyl (C=O) groups excluding carboxylic acids is 1. The normalized spacial score (nSPS) is 19.6. The molecule has 0 unspecified atom stereocenters. The van der Waals surface area contributed by atoms with Crippen molar-refractivity contribution in [2.24, 2.45) is 0 Å². The SMILES string of the molecule is Nc1cc(-c2ccc(C(=O)NC[C@@H]3CCCO3)cc2)nc(N2CCOCC2)n1. The number of morpholine rings is 1. The van der Waals surface area contributed by atoms with Gasteiger partial charge in [-0.15, -0.1) is 0 Å². The van der Waals surface area contributed by atoms with Crippen LogP contribution in [0.25, 0.3) is 11.3 Å². The Morgan fingerprint density at radius 1 is 1.18 bits per heavy atom. The number of rotatable bonds is 5. The molecule has 8 heteroatoms. The third-order valence-electron chi connectivity index (χ3n) is 4.99. The van der Waals surface area contributed by atoms with E-state index in [-0.39, 0.29) is 12.0 Å². The summed E-state index contributed by atoms with van der Waals surface area (Å²) in [5.74, 6) is 0.930. The molecule has 0 saturated carbocycles. The predicted octanol–water partition coefficient (Wildman–Crippen LogP) is 1.47. The van der Waals surface area contributed by atoms with Gasteiger partial charge in [0.15, 0.2) is 0 Å². The van der Waals surface area contributed by atoms with Gasteiger partial charge in [-0.3, -0.25) is 4.79 Å². The average Bonchev–Trinajstić information content (AvgIpc) is 3.26. The van der Waals surface area contributed by atoms with E-state index in [2.05, 4.69) is 20.2 Å². The van der Waals surface area contributed by atoms with E-state index in [1.54, 1.807) is 18.2 Å². The highest BCUT2D eigenvalue weighted by molar-refractivity contribution is 5.94. The first-order chi connectivity index (χ1) is 13.7. The molecule has 28 heavy (non-hydrogen) atoms. The highest BCUT2D eigenvalue weighted by Crippen LogP contribution is 2.23. The number of nitrogen functional groups attached to an aromatic ring is 1. The number of anilines is 2. The van der Waals surface area contributed by atoms with E-state index in [4.69, 9.17) is 15.2 Å². The molecule has 0 bridgehead atoms. The minimum Gasteiger partial charge on any atom is -0.384 e. The van der Waals surface area contributed by atoms with E-state index < -0.39 is 0 Å². The number of hydrogen-bond donors (Lipinski definition) is 2. The lowest BCUT2D eigenvalue weighted by Gasteiger charge is -2.27. The van der Waals surface area contributed by atoms with Crippen LogP contribution in [0.3, 0.4) is 0 Å². The molecule has 2 aromatic rings. The first kappa shape index (κ1) is 18.6. The highest BCUT2D eigenvalue weighted by atomic mass is 16.5. The molecule has 0 spiro atoms. The van der Waals surface area contributed by atoms with Gasteiger partial charge in [-0.25, -0.2) is 4.98 Å². The van der Waals surface area contributed by atoms with E-state index in [1.165, 1.54) is 0 Å². The maximum Gasteiger partial charge on any atom is 0.251 e. The van der Waals surface area contributed by atoms with Gasteiger partial charge >= 0.3 is 0 Å². The Morgan fingerprint density at radius 2 is 1.96 bits per heavy atom. The molecule has 2 aliphatic rings. The fourth-order valence-corrected chi connectivity index (χ4v) is 3.41. The summed E-state index contributed by atoms with van der Waals surface area (Å²) in [6.45, 7) is 4.13. The summed E-state index contributed by atoms with van der Waals surface area (Å²) >= 11 is 0. The van der Waals surface area contributed by atoms with E-state index in [9.17, 15) is 4.79 Å². The summed E-state index contributed by atoms with van der Waals surface area (Å²) in [7, 11) is 0. The lowest BCUT2D eigenvalue weighted by atomic mass is 10.1. The second kappa shape index (κ2) is 8.53. The number of amides is 1.